The highest BCUT2D eigenvalue weighted by molar-refractivity contribution is 7.10. The zero-order chi connectivity index (χ0) is 10.5. The molecule has 0 unspecified atom stereocenters. The van der Waals surface area contributed by atoms with Crippen molar-refractivity contribution in [3.8, 4) is 0 Å². The first-order valence-corrected chi connectivity index (χ1v) is 5.42. The lowest BCUT2D eigenvalue weighted by atomic mass is 10.4. The summed E-state index contributed by atoms with van der Waals surface area (Å²) in [6, 6.07) is 1.83. The van der Waals surface area contributed by atoms with Crippen LogP contribution in [0.2, 0.25) is 0 Å². The molecule has 0 saturated heterocycles. The van der Waals surface area contributed by atoms with Crippen LogP contribution in [0.4, 0.5) is 10.8 Å². The zero-order valence-electron chi connectivity index (χ0n) is 8.13. The van der Waals surface area contributed by atoms with E-state index in [1.807, 2.05) is 16.9 Å². The second-order valence-corrected chi connectivity index (χ2v) is 3.87. The topological polar surface area (TPSA) is 81.6 Å². The second kappa shape index (κ2) is 4.74. The number of hydrogen-bond donors (Lipinski definition) is 2. The van der Waals surface area contributed by atoms with Crippen molar-refractivity contribution in [2.75, 3.05) is 17.6 Å². The molecule has 0 aliphatic heterocycles. The van der Waals surface area contributed by atoms with Gasteiger partial charge in [-0.05, 0) is 18.0 Å². The SMILES string of the molecule is Nc1cc(NCCCn2ccnn2)sn1. The molecule has 6 nitrogen and oxygen atoms in total. The van der Waals surface area contributed by atoms with Gasteiger partial charge in [-0.15, -0.1) is 5.10 Å². The van der Waals surface area contributed by atoms with Crippen LogP contribution in [0, 0.1) is 0 Å². The van der Waals surface area contributed by atoms with Crippen molar-refractivity contribution >= 4 is 22.4 Å². The molecule has 2 heterocycles. The number of nitrogens with one attached hydrogen (secondary N) is 1. The molecule has 0 aliphatic rings. The summed E-state index contributed by atoms with van der Waals surface area (Å²) in [5.74, 6) is 0.568. The summed E-state index contributed by atoms with van der Waals surface area (Å²) in [7, 11) is 0. The van der Waals surface area contributed by atoms with Crippen LogP contribution in [0.15, 0.2) is 18.5 Å². The maximum atomic E-state index is 5.50. The number of nitrogens with two attached hydrogens (primary N) is 1. The van der Waals surface area contributed by atoms with Crippen LogP contribution in [-0.4, -0.2) is 25.9 Å². The van der Waals surface area contributed by atoms with E-state index in [0.29, 0.717) is 5.82 Å². The third-order valence-electron chi connectivity index (χ3n) is 1.86. The van der Waals surface area contributed by atoms with Gasteiger partial charge in [-0.1, -0.05) is 5.21 Å². The number of nitrogens with zero attached hydrogens (tertiary/aromatic N) is 4. The zero-order valence-corrected chi connectivity index (χ0v) is 8.94. The van der Waals surface area contributed by atoms with Crippen molar-refractivity contribution in [1.82, 2.24) is 19.4 Å². The number of hydrogen-bond acceptors (Lipinski definition) is 6. The standard InChI is InChI=1S/C8H12N6S/c9-7-6-8(15-12-7)10-2-1-4-14-5-3-11-13-14/h3,5-6,10H,1-2,4H2,(H2,9,12). The van der Waals surface area contributed by atoms with Crippen LogP contribution >= 0.6 is 11.5 Å². The Bertz CT molecular complexity index is 395. The molecule has 0 bridgehead atoms. The van der Waals surface area contributed by atoms with E-state index in [1.165, 1.54) is 11.5 Å². The quantitative estimate of drug-likeness (QED) is 0.735. The predicted octanol–water partition coefficient (Wildman–Crippen LogP) is 0.819. The number of aromatic nitrogens is 4. The molecule has 0 amide bonds. The van der Waals surface area contributed by atoms with Gasteiger partial charge in [0.25, 0.3) is 0 Å². The molecule has 3 N–H and O–H groups in total. The number of anilines is 2. The summed E-state index contributed by atoms with van der Waals surface area (Å²) in [4.78, 5) is 0. The molecule has 0 aromatic carbocycles. The van der Waals surface area contributed by atoms with Gasteiger partial charge in [-0.2, -0.15) is 4.37 Å². The van der Waals surface area contributed by atoms with Gasteiger partial charge in [0.2, 0.25) is 0 Å². The van der Waals surface area contributed by atoms with Gasteiger partial charge in [0.1, 0.15) is 10.8 Å². The van der Waals surface area contributed by atoms with E-state index in [1.54, 1.807) is 6.20 Å². The fourth-order valence-corrected chi connectivity index (χ4v) is 1.77. The van der Waals surface area contributed by atoms with Crippen LogP contribution in [0.3, 0.4) is 0 Å². The van der Waals surface area contributed by atoms with Crippen molar-refractivity contribution in [3.05, 3.63) is 18.5 Å². The van der Waals surface area contributed by atoms with Crippen molar-refractivity contribution in [1.29, 1.82) is 0 Å². The molecule has 7 heteroatoms. The van der Waals surface area contributed by atoms with E-state index >= 15 is 0 Å². The van der Waals surface area contributed by atoms with Gasteiger partial charge < -0.3 is 11.1 Å². The molecular formula is C8H12N6S. The first-order valence-electron chi connectivity index (χ1n) is 4.65. The van der Waals surface area contributed by atoms with Crippen molar-refractivity contribution < 1.29 is 0 Å². The number of nitrogen functional groups attached to an aromatic ring is 1. The summed E-state index contributed by atoms with van der Waals surface area (Å²) in [6.45, 7) is 1.74. The largest absolute Gasteiger partial charge is 0.383 e. The maximum absolute atomic E-state index is 5.50. The van der Waals surface area contributed by atoms with Crippen molar-refractivity contribution in [2.45, 2.75) is 13.0 Å². The second-order valence-electron chi connectivity index (χ2n) is 3.06. The van der Waals surface area contributed by atoms with Crippen LogP contribution in [0.25, 0.3) is 0 Å². The summed E-state index contributed by atoms with van der Waals surface area (Å²) < 4.78 is 5.78. The molecule has 15 heavy (non-hydrogen) atoms. The Morgan fingerprint density at radius 3 is 3.13 bits per heavy atom. The Labute approximate surface area is 91.3 Å². The molecule has 0 atom stereocenters. The first-order chi connectivity index (χ1) is 7.34. The highest BCUT2D eigenvalue weighted by Gasteiger charge is 1.97. The van der Waals surface area contributed by atoms with Gasteiger partial charge in [0, 0.05) is 25.4 Å². The molecule has 0 radical (unpaired) electrons. The molecule has 80 valence electrons. The third-order valence-corrected chi connectivity index (χ3v) is 2.62. The lowest BCUT2D eigenvalue weighted by molar-refractivity contribution is 0.570. The Kier molecular flexibility index (Phi) is 3.13. The van der Waals surface area contributed by atoms with Crippen LogP contribution in [0.1, 0.15) is 6.42 Å². The number of rotatable bonds is 5. The minimum atomic E-state index is 0.568. The Morgan fingerprint density at radius 1 is 1.53 bits per heavy atom. The van der Waals surface area contributed by atoms with Gasteiger partial charge in [-0.3, -0.25) is 4.68 Å². The maximum Gasteiger partial charge on any atom is 0.139 e. The average Bonchev–Trinajstić information content (AvgIpc) is 2.84. The fraction of sp³-hybridized carbons (Fsp3) is 0.375. The first kappa shape index (κ1) is 9.91. The minimum Gasteiger partial charge on any atom is -0.383 e. The van der Waals surface area contributed by atoms with E-state index in [0.717, 1.165) is 24.5 Å². The summed E-state index contributed by atoms with van der Waals surface area (Å²) in [5, 5.41) is 11.9. The smallest absolute Gasteiger partial charge is 0.139 e. The van der Waals surface area contributed by atoms with Crippen LogP contribution in [0.5, 0.6) is 0 Å². The monoisotopic (exact) mass is 224 g/mol. The molecule has 2 rings (SSSR count). The number of aryl methyl sites for hydroxylation is 1. The van der Waals surface area contributed by atoms with E-state index < -0.39 is 0 Å². The van der Waals surface area contributed by atoms with Crippen LogP contribution in [-0.2, 0) is 6.54 Å². The van der Waals surface area contributed by atoms with E-state index in [2.05, 4.69) is 20.0 Å². The summed E-state index contributed by atoms with van der Waals surface area (Å²) >= 11 is 1.38. The normalized spacial score (nSPS) is 10.4. The average molecular weight is 224 g/mol. The molecule has 2 aromatic heterocycles. The van der Waals surface area contributed by atoms with Gasteiger partial charge >= 0.3 is 0 Å². The molecular weight excluding hydrogens is 212 g/mol. The van der Waals surface area contributed by atoms with E-state index in [9.17, 15) is 0 Å². The summed E-state index contributed by atoms with van der Waals surface area (Å²) in [5.41, 5.74) is 5.50. The Morgan fingerprint density at radius 2 is 2.47 bits per heavy atom. The van der Waals surface area contributed by atoms with Gasteiger partial charge in [0.05, 0.1) is 6.20 Å². The fourth-order valence-electron chi connectivity index (χ4n) is 1.18. The van der Waals surface area contributed by atoms with E-state index in [-0.39, 0.29) is 0 Å². The van der Waals surface area contributed by atoms with Gasteiger partial charge in [0.15, 0.2) is 0 Å². The summed E-state index contributed by atoms with van der Waals surface area (Å²) in [6.07, 6.45) is 4.52. The highest BCUT2D eigenvalue weighted by Crippen LogP contribution is 2.16. The molecule has 0 aliphatic carbocycles. The lowest BCUT2D eigenvalue weighted by Gasteiger charge is -2.02. The lowest BCUT2D eigenvalue weighted by Crippen LogP contribution is -2.06. The Hall–Kier alpha value is -1.63. The van der Waals surface area contributed by atoms with Crippen LogP contribution < -0.4 is 11.1 Å². The molecule has 0 fully saturated rings. The highest BCUT2D eigenvalue weighted by atomic mass is 32.1. The molecule has 0 spiro atoms. The van der Waals surface area contributed by atoms with E-state index in [4.69, 9.17) is 5.73 Å². The molecule has 0 saturated carbocycles. The minimum absolute atomic E-state index is 0.568. The molecule has 2 aromatic rings. The van der Waals surface area contributed by atoms with Crippen molar-refractivity contribution in [3.63, 3.8) is 0 Å². The third kappa shape index (κ3) is 2.91. The van der Waals surface area contributed by atoms with Gasteiger partial charge in [-0.25, -0.2) is 0 Å². The predicted molar refractivity (Wildman–Crippen MR) is 59.7 cm³/mol. The van der Waals surface area contributed by atoms with Crippen molar-refractivity contribution in [2.24, 2.45) is 0 Å². The Balaban J connectivity index is 1.67.